The molecule has 2 N–H and O–H groups in total. The Bertz CT molecular complexity index is 696. The number of rotatable bonds is 4. The molecule has 0 radical (unpaired) electrons. The standard InChI is InChI=1S/C18H24N4O4/c1-3-10-22-15(23)18(20-17(22)25)8-11-21(12-9-18)16(24)19-13-4-6-14(26-2)7-5-13/h4-7H,3,8-12H2,1-2H3,(H,19,24)(H,20,25). The Hall–Kier alpha value is -2.77. The van der Waals surface area contributed by atoms with Crippen molar-refractivity contribution in [1.82, 2.24) is 15.1 Å². The van der Waals surface area contributed by atoms with Crippen LogP contribution in [-0.2, 0) is 4.79 Å². The van der Waals surface area contributed by atoms with Crippen LogP contribution in [0.4, 0.5) is 15.3 Å². The summed E-state index contributed by atoms with van der Waals surface area (Å²) in [4.78, 5) is 40.1. The van der Waals surface area contributed by atoms with Crippen LogP contribution < -0.4 is 15.4 Å². The zero-order valence-corrected chi connectivity index (χ0v) is 15.1. The van der Waals surface area contributed by atoms with Gasteiger partial charge in [0.15, 0.2) is 0 Å². The molecule has 0 saturated carbocycles. The van der Waals surface area contributed by atoms with E-state index in [1.807, 2.05) is 6.92 Å². The molecule has 2 fully saturated rings. The molecule has 5 amide bonds. The van der Waals surface area contributed by atoms with Crippen molar-refractivity contribution in [3.63, 3.8) is 0 Å². The van der Waals surface area contributed by atoms with E-state index in [1.165, 1.54) is 4.90 Å². The Kier molecular flexibility index (Phi) is 5.01. The lowest BCUT2D eigenvalue weighted by Crippen LogP contribution is -2.56. The summed E-state index contributed by atoms with van der Waals surface area (Å²) in [5.74, 6) is 0.551. The molecule has 26 heavy (non-hydrogen) atoms. The van der Waals surface area contributed by atoms with E-state index in [9.17, 15) is 14.4 Å². The smallest absolute Gasteiger partial charge is 0.325 e. The van der Waals surface area contributed by atoms with Gasteiger partial charge in [0, 0.05) is 25.3 Å². The number of amides is 5. The van der Waals surface area contributed by atoms with Crippen LogP contribution in [0.1, 0.15) is 26.2 Å². The summed E-state index contributed by atoms with van der Waals surface area (Å²) < 4.78 is 5.10. The van der Waals surface area contributed by atoms with Crippen LogP contribution in [0, 0.1) is 0 Å². The van der Waals surface area contributed by atoms with Crippen molar-refractivity contribution < 1.29 is 19.1 Å². The average Bonchev–Trinajstić information content (AvgIpc) is 2.87. The first-order valence-corrected chi connectivity index (χ1v) is 8.83. The van der Waals surface area contributed by atoms with Crippen molar-refractivity contribution in [2.45, 2.75) is 31.7 Å². The number of hydrogen-bond acceptors (Lipinski definition) is 4. The summed E-state index contributed by atoms with van der Waals surface area (Å²) in [5, 5.41) is 5.68. The van der Waals surface area contributed by atoms with Crippen LogP contribution in [-0.4, -0.2) is 60.1 Å². The summed E-state index contributed by atoms with van der Waals surface area (Å²) in [7, 11) is 1.59. The largest absolute Gasteiger partial charge is 0.497 e. The molecule has 1 aromatic rings. The van der Waals surface area contributed by atoms with E-state index < -0.39 is 5.54 Å². The van der Waals surface area contributed by atoms with Crippen molar-refractivity contribution >= 4 is 23.7 Å². The predicted molar refractivity (Wildman–Crippen MR) is 96.1 cm³/mol. The molecule has 140 valence electrons. The van der Waals surface area contributed by atoms with Gasteiger partial charge in [0.2, 0.25) is 0 Å². The fourth-order valence-electron chi connectivity index (χ4n) is 3.41. The third-order valence-electron chi connectivity index (χ3n) is 4.94. The van der Waals surface area contributed by atoms with E-state index in [0.29, 0.717) is 38.2 Å². The molecular weight excluding hydrogens is 336 g/mol. The van der Waals surface area contributed by atoms with Gasteiger partial charge in [-0.1, -0.05) is 6.92 Å². The molecule has 1 aromatic carbocycles. The number of ether oxygens (including phenoxy) is 1. The Balaban J connectivity index is 1.58. The maximum Gasteiger partial charge on any atom is 0.325 e. The highest BCUT2D eigenvalue weighted by Gasteiger charge is 2.52. The Morgan fingerprint density at radius 3 is 2.46 bits per heavy atom. The minimum Gasteiger partial charge on any atom is -0.497 e. The number of hydrogen-bond donors (Lipinski definition) is 2. The number of nitrogens with zero attached hydrogens (tertiary/aromatic N) is 2. The number of imide groups is 1. The highest BCUT2D eigenvalue weighted by molar-refractivity contribution is 6.07. The molecule has 0 aliphatic carbocycles. The summed E-state index contributed by atoms with van der Waals surface area (Å²) in [6.07, 6.45) is 1.58. The van der Waals surface area contributed by atoms with Gasteiger partial charge in [0.1, 0.15) is 11.3 Å². The number of nitrogens with one attached hydrogen (secondary N) is 2. The first-order chi connectivity index (χ1) is 12.5. The third kappa shape index (κ3) is 3.31. The normalized spacial score (nSPS) is 18.8. The quantitative estimate of drug-likeness (QED) is 0.804. The van der Waals surface area contributed by atoms with E-state index in [0.717, 1.165) is 12.2 Å². The van der Waals surface area contributed by atoms with Crippen LogP contribution in [0.2, 0.25) is 0 Å². The van der Waals surface area contributed by atoms with Gasteiger partial charge in [0.05, 0.1) is 7.11 Å². The lowest BCUT2D eigenvalue weighted by molar-refractivity contribution is -0.132. The minimum absolute atomic E-state index is 0.167. The molecule has 2 aliphatic heterocycles. The molecule has 0 aromatic heterocycles. The average molecular weight is 360 g/mol. The minimum atomic E-state index is -0.858. The monoisotopic (exact) mass is 360 g/mol. The number of benzene rings is 1. The fourth-order valence-corrected chi connectivity index (χ4v) is 3.41. The molecule has 8 nitrogen and oxygen atoms in total. The molecule has 3 rings (SSSR count). The molecule has 0 bridgehead atoms. The van der Waals surface area contributed by atoms with E-state index in [-0.39, 0.29) is 18.0 Å². The van der Waals surface area contributed by atoms with Gasteiger partial charge in [-0.05, 0) is 43.5 Å². The number of urea groups is 2. The second-order valence-electron chi connectivity index (χ2n) is 6.61. The number of carbonyl (C=O) groups excluding carboxylic acids is 3. The Labute approximate surface area is 152 Å². The summed E-state index contributed by atoms with van der Waals surface area (Å²) in [6, 6.07) is 6.54. The highest BCUT2D eigenvalue weighted by atomic mass is 16.5. The number of carbonyl (C=O) groups is 3. The van der Waals surface area contributed by atoms with Gasteiger partial charge >= 0.3 is 12.1 Å². The van der Waals surface area contributed by atoms with Crippen molar-refractivity contribution in [3.05, 3.63) is 24.3 Å². The van der Waals surface area contributed by atoms with Crippen molar-refractivity contribution in [2.75, 3.05) is 32.1 Å². The summed E-state index contributed by atoms with van der Waals surface area (Å²) >= 11 is 0. The first kappa shape index (κ1) is 18.0. The van der Waals surface area contributed by atoms with Crippen LogP contribution in [0.5, 0.6) is 5.75 Å². The molecule has 2 heterocycles. The lowest BCUT2D eigenvalue weighted by atomic mass is 9.87. The van der Waals surface area contributed by atoms with Crippen molar-refractivity contribution in [3.8, 4) is 5.75 Å². The third-order valence-corrected chi connectivity index (χ3v) is 4.94. The molecule has 8 heteroatoms. The maximum absolute atomic E-state index is 12.6. The summed E-state index contributed by atoms with van der Waals surface area (Å²) in [5.41, 5.74) is -0.182. The number of methoxy groups -OCH3 is 1. The second-order valence-corrected chi connectivity index (χ2v) is 6.61. The molecule has 2 saturated heterocycles. The highest BCUT2D eigenvalue weighted by Crippen LogP contribution is 2.30. The van der Waals surface area contributed by atoms with E-state index >= 15 is 0 Å². The zero-order chi connectivity index (χ0) is 18.7. The topological polar surface area (TPSA) is 91.0 Å². The lowest BCUT2D eigenvalue weighted by Gasteiger charge is -2.37. The van der Waals surface area contributed by atoms with Gasteiger partial charge < -0.3 is 20.3 Å². The first-order valence-electron chi connectivity index (χ1n) is 8.83. The van der Waals surface area contributed by atoms with Gasteiger partial charge in [-0.15, -0.1) is 0 Å². The number of likely N-dealkylation sites (tertiary alicyclic amines) is 1. The van der Waals surface area contributed by atoms with Crippen LogP contribution >= 0.6 is 0 Å². The van der Waals surface area contributed by atoms with Crippen LogP contribution in [0.15, 0.2) is 24.3 Å². The number of piperidine rings is 1. The van der Waals surface area contributed by atoms with Crippen molar-refractivity contribution in [1.29, 1.82) is 0 Å². The molecular formula is C18H24N4O4. The fraction of sp³-hybridized carbons (Fsp3) is 0.500. The molecule has 2 aliphatic rings. The van der Waals surface area contributed by atoms with Gasteiger partial charge in [-0.3, -0.25) is 9.69 Å². The predicted octanol–water partition coefficient (Wildman–Crippen LogP) is 2.02. The zero-order valence-electron chi connectivity index (χ0n) is 15.1. The molecule has 1 spiro atoms. The Morgan fingerprint density at radius 1 is 1.23 bits per heavy atom. The van der Waals surface area contributed by atoms with E-state index in [2.05, 4.69) is 10.6 Å². The van der Waals surface area contributed by atoms with E-state index in [1.54, 1.807) is 36.3 Å². The Morgan fingerprint density at radius 2 is 1.88 bits per heavy atom. The number of anilines is 1. The van der Waals surface area contributed by atoms with Crippen LogP contribution in [0.3, 0.4) is 0 Å². The molecule has 0 atom stereocenters. The molecule has 0 unspecified atom stereocenters. The van der Waals surface area contributed by atoms with Gasteiger partial charge in [-0.25, -0.2) is 9.59 Å². The van der Waals surface area contributed by atoms with Crippen molar-refractivity contribution in [2.24, 2.45) is 0 Å². The van der Waals surface area contributed by atoms with E-state index in [4.69, 9.17) is 4.74 Å². The van der Waals surface area contributed by atoms with Crippen LogP contribution in [0.25, 0.3) is 0 Å². The SMILES string of the molecule is CCCN1C(=O)NC2(CCN(C(=O)Nc3ccc(OC)cc3)CC2)C1=O. The summed E-state index contributed by atoms with van der Waals surface area (Å²) in [6.45, 7) is 3.17. The van der Waals surface area contributed by atoms with Gasteiger partial charge in [-0.2, -0.15) is 0 Å². The second kappa shape index (κ2) is 7.23. The maximum atomic E-state index is 12.6. The van der Waals surface area contributed by atoms with Gasteiger partial charge in [0.25, 0.3) is 5.91 Å².